The van der Waals surface area contributed by atoms with Gasteiger partial charge in [0.15, 0.2) is 6.29 Å². The molecule has 8 bridgehead atoms. The van der Waals surface area contributed by atoms with Crippen LogP contribution in [0.4, 0.5) is 0 Å². The summed E-state index contributed by atoms with van der Waals surface area (Å²) in [6, 6.07) is -0.349. The van der Waals surface area contributed by atoms with Crippen molar-refractivity contribution in [2.45, 2.75) is 66.8 Å². The van der Waals surface area contributed by atoms with Crippen LogP contribution in [-0.2, 0) is 19.1 Å². The molecule has 0 amide bonds. The molecule has 1 aromatic rings. The van der Waals surface area contributed by atoms with Gasteiger partial charge in [-0.15, -0.1) is 0 Å². The standard InChI is InChI=1S/C34H40N4O5/c1-8-22-17(2)26-13-30-24(15-39)19(4)25(36-30)12-27-18(3)23(10-9-11-43-16-40)32(37-27)21(6)33-31(34(41)42-7)20(5)28(38-33)14-29(22)35-26/h12-16,18,21,23,33,36,38H,8-11H2,1-7H3/b26-13-,27-12-,28-14-/t18-,21?,23-,33?/m0/s1. The Kier molecular flexibility index (Phi) is 8.53. The highest BCUT2D eigenvalue weighted by Gasteiger charge is 2.43. The van der Waals surface area contributed by atoms with Crippen molar-refractivity contribution in [2.24, 2.45) is 27.7 Å². The van der Waals surface area contributed by atoms with Crippen LogP contribution in [0.5, 0.6) is 0 Å². The molecular formula is C34H40N4O5. The number of allylic oxidation sites excluding steroid dienone is 5. The number of aromatic amines is 1. The van der Waals surface area contributed by atoms with E-state index in [0.29, 0.717) is 36.3 Å². The molecule has 2 unspecified atom stereocenters. The van der Waals surface area contributed by atoms with Gasteiger partial charge in [-0.3, -0.25) is 14.6 Å². The lowest BCUT2D eigenvalue weighted by atomic mass is 9.79. The Bertz CT molecular complexity index is 1600. The maximum absolute atomic E-state index is 13.2. The van der Waals surface area contributed by atoms with Gasteiger partial charge in [0.2, 0.25) is 0 Å². The first-order valence-electron chi connectivity index (χ1n) is 15.0. The molecule has 43 heavy (non-hydrogen) atoms. The van der Waals surface area contributed by atoms with Crippen molar-refractivity contribution in [2.75, 3.05) is 13.7 Å². The third kappa shape index (κ3) is 5.26. The molecule has 9 heteroatoms. The van der Waals surface area contributed by atoms with Crippen molar-refractivity contribution in [3.05, 3.63) is 68.0 Å². The third-order valence-corrected chi connectivity index (χ3v) is 9.44. The summed E-state index contributed by atoms with van der Waals surface area (Å²) in [5, 5.41) is 3.64. The SMILES string of the molecule is CCC1=C(C)/C2=C/c3[nH]c(c(C)c3C=O)/C=C3\N=C(C(C)C4N/C(=C\C1=N2)C(C)=C4C(=O)OC)[C@@H](CCCOC=O)[C@@H]3C. The Morgan fingerprint density at radius 1 is 1.02 bits per heavy atom. The number of H-pyrrole nitrogens is 1. The number of aliphatic imine (C=N–C) groups is 2. The first kappa shape index (κ1) is 30.2. The number of fused-ring (bicyclic) bond motifs is 6. The van der Waals surface area contributed by atoms with Gasteiger partial charge in [-0.05, 0) is 80.5 Å². The van der Waals surface area contributed by atoms with Gasteiger partial charge < -0.3 is 19.8 Å². The average Bonchev–Trinajstić information content (AvgIpc) is 3.68. The summed E-state index contributed by atoms with van der Waals surface area (Å²) in [5.74, 6) is -0.381. The lowest BCUT2D eigenvalue weighted by molar-refractivity contribution is -0.136. The average molecular weight is 585 g/mol. The highest BCUT2D eigenvalue weighted by atomic mass is 16.5. The molecule has 226 valence electrons. The number of ether oxygens (including phenoxy) is 2. The first-order valence-corrected chi connectivity index (χ1v) is 15.0. The van der Waals surface area contributed by atoms with Crippen molar-refractivity contribution in [3.8, 4) is 0 Å². The Labute approximate surface area is 252 Å². The molecule has 0 aliphatic carbocycles. The maximum atomic E-state index is 13.2. The van der Waals surface area contributed by atoms with Crippen LogP contribution in [-0.4, -0.2) is 54.9 Å². The van der Waals surface area contributed by atoms with Gasteiger partial charge in [-0.2, -0.15) is 0 Å². The van der Waals surface area contributed by atoms with E-state index in [1.165, 1.54) is 7.11 Å². The lowest BCUT2D eigenvalue weighted by Gasteiger charge is -2.27. The quantitative estimate of drug-likeness (QED) is 0.231. The van der Waals surface area contributed by atoms with E-state index in [2.05, 4.69) is 38.0 Å². The second-order valence-electron chi connectivity index (χ2n) is 11.7. The molecular weight excluding hydrogens is 544 g/mol. The molecule has 4 aliphatic heterocycles. The number of aldehydes is 1. The molecule has 4 aliphatic rings. The second kappa shape index (κ2) is 12.1. The monoisotopic (exact) mass is 584 g/mol. The molecule has 0 fully saturated rings. The number of nitrogens with zero attached hydrogens (tertiary/aromatic N) is 2. The predicted octanol–water partition coefficient (Wildman–Crippen LogP) is 5.65. The molecule has 0 saturated heterocycles. The van der Waals surface area contributed by atoms with Crippen molar-refractivity contribution in [1.82, 2.24) is 10.3 Å². The number of rotatable bonds is 8. The van der Waals surface area contributed by atoms with Crippen LogP contribution in [0.3, 0.4) is 0 Å². The first-order chi connectivity index (χ1) is 20.6. The van der Waals surface area contributed by atoms with Gasteiger partial charge in [0, 0.05) is 46.1 Å². The molecule has 0 saturated carbocycles. The summed E-state index contributed by atoms with van der Waals surface area (Å²) in [5.41, 5.74) is 10.9. The fourth-order valence-electron chi connectivity index (χ4n) is 6.86. The number of hydrogen-bond donors (Lipinski definition) is 2. The van der Waals surface area contributed by atoms with E-state index in [9.17, 15) is 14.4 Å². The van der Waals surface area contributed by atoms with E-state index < -0.39 is 0 Å². The molecule has 5 rings (SSSR count). The zero-order valence-corrected chi connectivity index (χ0v) is 26.0. The summed E-state index contributed by atoms with van der Waals surface area (Å²) >= 11 is 0. The van der Waals surface area contributed by atoms with E-state index in [1.54, 1.807) is 0 Å². The smallest absolute Gasteiger partial charge is 0.336 e. The van der Waals surface area contributed by atoms with Gasteiger partial charge in [-0.1, -0.05) is 20.8 Å². The Hall–Kier alpha value is -4.27. The summed E-state index contributed by atoms with van der Waals surface area (Å²) in [6.07, 6.45) is 9.13. The Morgan fingerprint density at radius 3 is 2.47 bits per heavy atom. The summed E-state index contributed by atoms with van der Waals surface area (Å²) < 4.78 is 10.3. The molecule has 0 aromatic carbocycles. The van der Waals surface area contributed by atoms with Gasteiger partial charge in [0.05, 0.1) is 42.4 Å². The minimum atomic E-state index is -0.367. The molecule has 0 spiro atoms. The Balaban J connectivity index is 1.73. The topological polar surface area (TPSA) is 122 Å². The van der Waals surface area contributed by atoms with Crippen LogP contribution in [0, 0.1) is 24.7 Å². The minimum absolute atomic E-state index is 0.0653. The molecule has 2 N–H and O–H groups in total. The number of methoxy groups -OCH3 is 1. The van der Waals surface area contributed by atoms with E-state index >= 15 is 0 Å². The van der Waals surface area contributed by atoms with E-state index in [1.807, 2.05) is 32.1 Å². The highest BCUT2D eigenvalue weighted by molar-refractivity contribution is 6.13. The number of hydrogen-bond acceptors (Lipinski definition) is 8. The van der Waals surface area contributed by atoms with E-state index in [0.717, 1.165) is 75.6 Å². The van der Waals surface area contributed by atoms with Crippen molar-refractivity contribution in [3.63, 3.8) is 0 Å². The van der Waals surface area contributed by atoms with Crippen molar-refractivity contribution < 1.29 is 23.9 Å². The summed E-state index contributed by atoms with van der Waals surface area (Å²) in [4.78, 5) is 49.9. The van der Waals surface area contributed by atoms with Crippen LogP contribution in [0.15, 0.2) is 55.4 Å². The lowest BCUT2D eigenvalue weighted by Crippen LogP contribution is -2.40. The number of carbonyl (C=O) groups excluding carboxylic acids is 3. The molecule has 9 nitrogen and oxygen atoms in total. The third-order valence-electron chi connectivity index (χ3n) is 9.44. The van der Waals surface area contributed by atoms with Gasteiger partial charge in [0.1, 0.15) is 0 Å². The summed E-state index contributed by atoms with van der Waals surface area (Å²) in [6.45, 7) is 13.1. The van der Waals surface area contributed by atoms with Gasteiger partial charge >= 0.3 is 5.97 Å². The van der Waals surface area contributed by atoms with Crippen LogP contribution in [0.2, 0.25) is 0 Å². The maximum Gasteiger partial charge on any atom is 0.336 e. The van der Waals surface area contributed by atoms with Crippen molar-refractivity contribution >= 4 is 42.3 Å². The molecule has 5 heterocycles. The van der Waals surface area contributed by atoms with Crippen molar-refractivity contribution in [1.29, 1.82) is 0 Å². The molecule has 4 atom stereocenters. The van der Waals surface area contributed by atoms with Crippen LogP contribution in [0.1, 0.15) is 81.2 Å². The number of esters is 1. The normalized spacial score (nSPS) is 28.2. The van der Waals surface area contributed by atoms with Gasteiger partial charge in [-0.25, -0.2) is 9.79 Å². The van der Waals surface area contributed by atoms with E-state index in [-0.39, 0.29) is 29.8 Å². The number of carbonyl (C=O) groups is 3. The fraction of sp³-hybridized carbons (Fsp3) is 0.441. The van der Waals surface area contributed by atoms with Crippen LogP contribution in [0.25, 0.3) is 12.2 Å². The predicted molar refractivity (Wildman–Crippen MR) is 168 cm³/mol. The molecule has 1 aromatic heterocycles. The zero-order chi connectivity index (χ0) is 31.0. The second-order valence-corrected chi connectivity index (χ2v) is 11.7. The van der Waals surface area contributed by atoms with E-state index in [4.69, 9.17) is 19.5 Å². The fourth-order valence-corrected chi connectivity index (χ4v) is 6.86. The van der Waals surface area contributed by atoms with Crippen LogP contribution >= 0.6 is 0 Å². The van der Waals surface area contributed by atoms with Crippen LogP contribution < -0.4 is 5.32 Å². The minimum Gasteiger partial charge on any atom is -0.468 e. The molecule has 0 radical (unpaired) electrons. The number of nitrogens with one attached hydrogen (secondary N) is 2. The van der Waals surface area contributed by atoms with Gasteiger partial charge in [0.25, 0.3) is 6.47 Å². The zero-order valence-electron chi connectivity index (χ0n) is 26.0. The summed E-state index contributed by atoms with van der Waals surface area (Å²) in [7, 11) is 1.41. The Morgan fingerprint density at radius 2 is 1.79 bits per heavy atom. The highest BCUT2D eigenvalue weighted by Crippen LogP contribution is 2.41. The number of aromatic nitrogens is 1. The largest absolute Gasteiger partial charge is 0.468 e.